The second kappa shape index (κ2) is 4.33. The Morgan fingerprint density at radius 3 is 2.46 bits per heavy atom. The first kappa shape index (κ1) is 10.1. The molecule has 0 saturated carbocycles. The summed E-state index contributed by atoms with van der Waals surface area (Å²) in [6.07, 6.45) is 4.87. The van der Waals surface area contributed by atoms with Crippen LogP contribution in [-0.4, -0.2) is 22.9 Å². The lowest BCUT2D eigenvalue weighted by Gasteiger charge is -2.26. The van der Waals surface area contributed by atoms with Crippen LogP contribution in [0.2, 0.25) is 0 Å². The van der Waals surface area contributed by atoms with Crippen LogP contribution >= 0.6 is 0 Å². The van der Waals surface area contributed by atoms with Gasteiger partial charge in [-0.25, -0.2) is 0 Å². The van der Waals surface area contributed by atoms with Crippen molar-refractivity contribution in [1.82, 2.24) is 4.68 Å². The summed E-state index contributed by atoms with van der Waals surface area (Å²) in [5.41, 5.74) is 3.20. The number of aliphatic hydroxyl groups excluding tert-OH is 1. The molecule has 1 rings (SSSR count). The standard InChI is InChI=1S/C10H18N2O/c1-3-10(2,9-13)8-11-12-6-4-5-7-12/h4-7,11,13H,3,8-9H2,1-2H3. The molecule has 0 fully saturated rings. The molecule has 0 aromatic carbocycles. The molecule has 0 radical (unpaired) electrons. The predicted octanol–water partition coefficient (Wildman–Crippen LogP) is 1.44. The van der Waals surface area contributed by atoms with Gasteiger partial charge in [0.15, 0.2) is 0 Å². The molecule has 74 valence electrons. The third-order valence-electron chi connectivity index (χ3n) is 2.53. The van der Waals surface area contributed by atoms with Gasteiger partial charge in [0.2, 0.25) is 0 Å². The minimum Gasteiger partial charge on any atom is -0.396 e. The molecule has 1 aromatic rings. The first-order valence-corrected chi connectivity index (χ1v) is 4.68. The summed E-state index contributed by atoms with van der Waals surface area (Å²) >= 11 is 0. The topological polar surface area (TPSA) is 37.2 Å². The van der Waals surface area contributed by atoms with Gasteiger partial charge in [-0.3, -0.25) is 4.68 Å². The zero-order valence-electron chi connectivity index (χ0n) is 8.33. The van der Waals surface area contributed by atoms with Gasteiger partial charge >= 0.3 is 0 Å². The van der Waals surface area contributed by atoms with Crippen LogP contribution in [0, 0.1) is 5.41 Å². The Kier molecular flexibility index (Phi) is 3.37. The molecule has 1 atom stereocenters. The summed E-state index contributed by atoms with van der Waals surface area (Å²) in [5, 5.41) is 9.16. The lowest BCUT2D eigenvalue weighted by molar-refractivity contribution is 0.146. The number of aliphatic hydroxyl groups is 1. The Balaban J connectivity index is 2.41. The maximum atomic E-state index is 9.16. The highest BCUT2D eigenvalue weighted by atomic mass is 16.3. The monoisotopic (exact) mass is 182 g/mol. The molecule has 13 heavy (non-hydrogen) atoms. The highest BCUT2D eigenvalue weighted by molar-refractivity contribution is 4.94. The van der Waals surface area contributed by atoms with Crippen LogP contribution in [0.15, 0.2) is 24.5 Å². The van der Waals surface area contributed by atoms with Crippen molar-refractivity contribution in [3.8, 4) is 0 Å². The van der Waals surface area contributed by atoms with E-state index in [0.717, 1.165) is 13.0 Å². The number of nitrogens with zero attached hydrogens (tertiary/aromatic N) is 1. The lowest BCUT2D eigenvalue weighted by Crippen LogP contribution is -2.32. The van der Waals surface area contributed by atoms with Gasteiger partial charge in [0.25, 0.3) is 0 Å². The van der Waals surface area contributed by atoms with Gasteiger partial charge in [-0.2, -0.15) is 0 Å². The van der Waals surface area contributed by atoms with E-state index in [4.69, 9.17) is 5.11 Å². The number of hydrogen-bond acceptors (Lipinski definition) is 2. The molecule has 0 saturated heterocycles. The van der Waals surface area contributed by atoms with E-state index in [0.29, 0.717) is 0 Å². The fourth-order valence-corrected chi connectivity index (χ4v) is 1.01. The summed E-state index contributed by atoms with van der Waals surface area (Å²) in [6, 6.07) is 3.93. The molecule has 0 bridgehead atoms. The molecule has 0 spiro atoms. The SMILES string of the molecule is CCC(C)(CO)CNn1cccc1. The van der Waals surface area contributed by atoms with E-state index in [1.54, 1.807) is 0 Å². The molecule has 0 aliphatic heterocycles. The first-order chi connectivity index (χ1) is 6.20. The van der Waals surface area contributed by atoms with Crippen molar-refractivity contribution < 1.29 is 5.11 Å². The van der Waals surface area contributed by atoms with Crippen LogP contribution in [0.25, 0.3) is 0 Å². The predicted molar refractivity (Wildman–Crippen MR) is 54.1 cm³/mol. The summed E-state index contributed by atoms with van der Waals surface area (Å²) in [4.78, 5) is 0. The lowest BCUT2D eigenvalue weighted by atomic mass is 9.89. The minimum atomic E-state index is -0.0235. The fraction of sp³-hybridized carbons (Fsp3) is 0.600. The highest BCUT2D eigenvalue weighted by Gasteiger charge is 2.20. The van der Waals surface area contributed by atoms with E-state index in [1.165, 1.54) is 0 Å². The Labute approximate surface area is 79.4 Å². The molecule has 0 aliphatic rings. The van der Waals surface area contributed by atoms with Gasteiger partial charge in [-0.05, 0) is 18.6 Å². The third kappa shape index (κ3) is 2.77. The van der Waals surface area contributed by atoms with Gasteiger partial charge in [-0.1, -0.05) is 13.8 Å². The maximum Gasteiger partial charge on any atom is 0.0502 e. The quantitative estimate of drug-likeness (QED) is 0.723. The first-order valence-electron chi connectivity index (χ1n) is 4.68. The van der Waals surface area contributed by atoms with Crippen molar-refractivity contribution >= 4 is 0 Å². The fourth-order valence-electron chi connectivity index (χ4n) is 1.01. The Hall–Kier alpha value is -0.960. The molecule has 0 aliphatic carbocycles. The van der Waals surface area contributed by atoms with E-state index in [1.807, 2.05) is 29.2 Å². The van der Waals surface area contributed by atoms with Crippen molar-refractivity contribution in [2.45, 2.75) is 20.3 Å². The summed E-state index contributed by atoms with van der Waals surface area (Å²) in [6.45, 7) is 5.17. The smallest absolute Gasteiger partial charge is 0.0502 e. The Bertz CT molecular complexity index is 227. The number of aromatic nitrogens is 1. The van der Waals surface area contributed by atoms with Gasteiger partial charge in [0, 0.05) is 24.4 Å². The minimum absolute atomic E-state index is 0.0235. The second-order valence-corrected chi connectivity index (χ2v) is 3.75. The van der Waals surface area contributed by atoms with Crippen LogP contribution in [0.1, 0.15) is 20.3 Å². The van der Waals surface area contributed by atoms with E-state index < -0.39 is 0 Å². The largest absolute Gasteiger partial charge is 0.396 e. The van der Waals surface area contributed by atoms with E-state index in [2.05, 4.69) is 19.3 Å². The average Bonchev–Trinajstić information content (AvgIpc) is 2.67. The average molecular weight is 182 g/mol. The van der Waals surface area contributed by atoms with E-state index in [9.17, 15) is 0 Å². The van der Waals surface area contributed by atoms with Crippen molar-refractivity contribution in [1.29, 1.82) is 0 Å². The molecule has 3 nitrogen and oxygen atoms in total. The molecule has 2 N–H and O–H groups in total. The number of nitrogens with one attached hydrogen (secondary N) is 1. The summed E-state index contributed by atoms with van der Waals surface area (Å²) in [7, 11) is 0. The maximum absolute atomic E-state index is 9.16. The molecule has 0 amide bonds. The van der Waals surface area contributed by atoms with Crippen molar-refractivity contribution in [3.63, 3.8) is 0 Å². The summed E-state index contributed by atoms with van der Waals surface area (Å²) < 4.78 is 1.91. The molecular weight excluding hydrogens is 164 g/mol. The van der Waals surface area contributed by atoms with Crippen molar-refractivity contribution in [2.24, 2.45) is 5.41 Å². The molecular formula is C10H18N2O. The zero-order chi connectivity index (χ0) is 9.73. The molecule has 1 aromatic heterocycles. The second-order valence-electron chi connectivity index (χ2n) is 3.75. The molecule has 1 unspecified atom stereocenters. The van der Waals surface area contributed by atoms with Crippen molar-refractivity contribution in [2.75, 3.05) is 18.6 Å². The Morgan fingerprint density at radius 2 is 2.00 bits per heavy atom. The third-order valence-corrected chi connectivity index (χ3v) is 2.53. The summed E-state index contributed by atoms with van der Waals surface area (Å²) in [5.74, 6) is 0. The van der Waals surface area contributed by atoms with Crippen LogP contribution < -0.4 is 5.43 Å². The van der Waals surface area contributed by atoms with Gasteiger partial charge < -0.3 is 10.5 Å². The molecule has 1 heterocycles. The normalized spacial score (nSPS) is 15.3. The zero-order valence-corrected chi connectivity index (χ0v) is 8.33. The highest BCUT2D eigenvalue weighted by Crippen LogP contribution is 2.18. The van der Waals surface area contributed by atoms with Gasteiger partial charge in [-0.15, -0.1) is 0 Å². The number of hydrogen-bond donors (Lipinski definition) is 2. The molecule has 3 heteroatoms. The van der Waals surface area contributed by atoms with Crippen LogP contribution in [-0.2, 0) is 0 Å². The Morgan fingerprint density at radius 1 is 1.38 bits per heavy atom. The van der Waals surface area contributed by atoms with Crippen LogP contribution in [0.5, 0.6) is 0 Å². The van der Waals surface area contributed by atoms with Crippen molar-refractivity contribution in [3.05, 3.63) is 24.5 Å². The van der Waals surface area contributed by atoms with Gasteiger partial charge in [0.1, 0.15) is 0 Å². The van der Waals surface area contributed by atoms with Crippen LogP contribution in [0.4, 0.5) is 0 Å². The van der Waals surface area contributed by atoms with E-state index in [-0.39, 0.29) is 12.0 Å². The van der Waals surface area contributed by atoms with Crippen LogP contribution in [0.3, 0.4) is 0 Å². The van der Waals surface area contributed by atoms with Gasteiger partial charge in [0.05, 0.1) is 6.61 Å². The van der Waals surface area contributed by atoms with E-state index >= 15 is 0 Å². The number of rotatable bonds is 5.